The molecule has 3 aliphatic rings. The molecule has 8 nitrogen and oxygen atoms in total. The molecule has 7 rings (SSSR count). The number of aromatic nitrogens is 2. The van der Waals surface area contributed by atoms with Crippen LogP contribution in [0.25, 0.3) is 11.0 Å². The fourth-order valence-electron chi connectivity index (χ4n) is 8.64. The third-order valence-electron chi connectivity index (χ3n) is 11.3. The van der Waals surface area contributed by atoms with Crippen LogP contribution in [-0.2, 0) is 22.0 Å². The Bertz CT molecular complexity index is 1960. The number of nitrogens with zero attached hydrogens (tertiary/aromatic N) is 4. The zero-order chi connectivity index (χ0) is 35.3. The highest BCUT2D eigenvalue weighted by atomic mass is 32.2. The van der Waals surface area contributed by atoms with Gasteiger partial charge in [-0.3, -0.25) is 9.69 Å². The van der Waals surface area contributed by atoms with Crippen molar-refractivity contribution in [3.8, 4) is 0 Å². The number of rotatable bonds is 9. The quantitative estimate of drug-likeness (QED) is 0.192. The third-order valence-corrected chi connectivity index (χ3v) is 12.4. The van der Waals surface area contributed by atoms with Crippen LogP contribution in [0.5, 0.6) is 0 Å². The number of fused-ring (bicyclic) bond motifs is 3. The van der Waals surface area contributed by atoms with Crippen LogP contribution in [0.2, 0.25) is 0 Å². The molecule has 3 saturated heterocycles. The van der Waals surface area contributed by atoms with E-state index < -0.39 is 22.1 Å². The normalized spacial score (nSPS) is 22.7. The van der Waals surface area contributed by atoms with Crippen LogP contribution in [-0.4, -0.2) is 70.9 Å². The summed E-state index contributed by atoms with van der Waals surface area (Å²) in [6, 6.07) is 22.4. The molecular weight excluding hydrogens is 670 g/mol. The number of carbonyl (C=O) groups is 1. The summed E-state index contributed by atoms with van der Waals surface area (Å²) in [6.07, 6.45) is 6.66. The number of benzene rings is 3. The van der Waals surface area contributed by atoms with Gasteiger partial charge in [-0.05, 0) is 111 Å². The van der Waals surface area contributed by atoms with E-state index in [0.29, 0.717) is 55.2 Å². The first-order chi connectivity index (χ1) is 23.8. The zero-order valence-corrected chi connectivity index (χ0v) is 28.7. The standard InChI is InChI=1S/C37H41F4N5O3S/c1-25-43-33-7-2-3-8-34(33)46(25)32-22-30-13-14-31(23-32)45(30)20-17-36(28-5-4-6-29(38)21-28)15-18-44(19-16-36)35(47)27-11-9-26(10-12-27)24-42-50(48,49)37(39,40)41/h2-12,21,30-32,42H,13-20,22-24H2,1H3/t30-,31+,32?. The van der Waals surface area contributed by atoms with Gasteiger partial charge in [0.25, 0.3) is 5.91 Å². The number of carbonyl (C=O) groups excluding carboxylic acids is 1. The van der Waals surface area contributed by atoms with E-state index in [1.807, 2.05) is 12.1 Å². The second-order valence-corrected chi connectivity index (χ2v) is 15.8. The number of likely N-dealkylation sites (tertiary alicyclic amines) is 1. The molecule has 1 N–H and O–H groups in total. The molecule has 0 saturated carbocycles. The Labute approximate surface area is 289 Å². The lowest BCUT2D eigenvalue weighted by molar-refractivity contribution is -0.0448. The molecule has 50 heavy (non-hydrogen) atoms. The lowest BCUT2D eigenvalue weighted by Gasteiger charge is -2.45. The van der Waals surface area contributed by atoms with Crippen LogP contribution in [0.4, 0.5) is 17.6 Å². The van der Waals surface area contributed by atoms with Crippen molar-refractivity contribution in [3.05, 3.63) is 101 Å². The highest BCUT2D eigenvalue weighted by molar-refractivity contribution is 7.90. The molecule has 3 atom stereocenters. The second kappa shape index (κ2) is 13.4. The van der Waals surface area contributed by atoms with E-state index in [-0.39, 0.29) is 17.1 Å². The number of alkyl halides is 3. The molecule has 1 aromatic heterocycles. The predicted octanol–water partition coefficient (Wildman–Crippen LogP) is 6.86. The summed E-state index contributed by atoms with van der Waals surface area (Å²) >= 11 is 0. The number of hydrogen-bond donors (Lipinski definition) is 1. The van der Waals surface area contributed by atoms with Crippen LogP contribution >= 0.6 is 0 Å². The fourth-order valence-corrected chi connectivity index (χ4v) is 9.16. The monoisotopic (exact) mass is 711 g/mol. The SMILES string of the molecule is Cc1nc2ccccc2n1C1C[C@H]2CC[C@@H](C1)N2CCC1(c2cccc(F)c2)CCN(C(=O)c2ccc(CNS(=O)(=O)C(F)(F)F)cc2)CC1. The molecule has 1 unspecified atom stereocenters. The second-order valence-electron chi connectivity index (χ2n) is 14.1. The van der Waals surface area contributed by atoms with Gasteiger partial charge in [0.1, 0.15) is 11.6 Å². The summed E-state index contributed by atoms with van der Waals surface area (Å²) in [5.74, 6) is 0.573. The molecule has 4 heterocycles. The van der Waals surface area contributed by atoms with Gasteiger partial charge in [-0.15, -0.1) is 0 Å². The maximum absolute atomic E-state index is 14.6. The number of imidazole rings is 1. The minimum atomic E-state index is -5.47. The van der Waals surface area contributed by atoms with Crippen LogP contribution < -0.4 is 4.72 Å². The molecule has 3 aromatic carbocycles. The number of aryl methyl sites for hydroxylation is 1. The Morgan fingerprint density at radius 3 is 2.28 bits per heavy atom. The van der Waals surface area contributed by atoms with Crippen LogP contribution in [0, 0.1) is 12.7 Å². The van der Waals surface area contributed by atoms with E-state index in [2.05, 4.69) is 34.6 Å². The molecule has 0 aliphatic carbocycles. The van der Waals surface area contributed by atoms with Gasteiger partial charge in [0.05, 0.1) is 11.0 Å². The Morgan fingerprint density at radius 2 is 1.62 bits per heavy atom. The molecular formula is C37H41F4N5O3S. The number of para-hydroxylation sites is 2. The smallest absolute Gasteiger partial charge is 0.339 e. The van der Waals surface area contributed by atoms with Gasteiger partial charge in [-0.1, -0.05) is 36.4 Å². The molecule has 2 bridgehead atoms. The van der Waals surface area contributed by atoms with Crippen molar-refractivity contribution >= 4 is 27.0 Å². The Hall–Kier alpha value is -3.81. The van der Waals surface area contributed by atoms with Crippen molar-refractivity contribution < 1.29 is 30.8 Å². The number of sulfonamides is 1. The first kappa shape index (κ1) is 34.6. The van der Waals surface area contributed by atoms with Crippen LogP contribution in [0.3, 0.4) is 0 Å². The third kappa shape index (κ3) is 6.67. The summed E-state index contributed by atoms with van der Waals surface area (Å²) < 4.78 is 79.2. The minimum Gasteiger partial charge on any atom is -0.339 e. The largest absolute Gasteiger partial charge is 0.511 e. The molecule has 3 aliphatic heterocycles. The first-order valence-electron chi connectivity index (χ1n) is 17.2. The van der Waals surface area contributed by atoms with Crippen molar-refractivity contribution in [1.82, 2.24) is 24.1 Å². The van der Waals surface area contributed by atoms with Gasteiger partial charge < -0.3 is 9.47 Å². The predicted molar refractivity (Wildman–Crippen MR) is 182 cm³/mol. The van der Waals surface area contributed by atoms with E-state index in [1.165, 1.54) is 40.6 Å². The van der Waals surface area contributed by atoms with Gasteiger partial charge in [-0.25, -0.2) is 22.5 Å². The van der Waals surface area contributed by atoms with Crippen molar-refractivity contribution in [2.45, 2.75) is 87.5 Å². The lowest BCUT2D eigenvalue weighted by Crippen LogP contribution is -2.49. The van der Waals surface area contributed by atoms with Crippen molar-refractivity contribution in [3.63, 3.8) is 0 Å². The van der Waals surface area contributed by atoms with E-state index in [9.17, 15) is 30.8 Å². The topological polar surface area (TPSA) is 87.5 Å². The van der Waals surface area contributed by atoms with Crippen LogP contribution in [0.15, 0.2) is 72.8 Å². The molecule has 4 aromatic rings. The minimum absolute atomic E-state index is 0.206. The van der Waals surface area contributed by atoms with E-state index >= 15 is 0 Å². The molecule has 266 valence electrons. The van der Waals surface area contributed by atoms with E-state index in [4.69, 9.17) is 4.98 Å². The van der Waals surface area contributed by atoms with Crippen molar-refractivity contribution in [1.29, 1.82) is 0 Å². The maximum Gasteiger partial charge on any atom is 0.511 e. The summed E-state index contributed by atoms with van der Waals surface area (Å²) in [4.78, 5) is 22.8. The maximum atomic E-state index is 14.6. The summed E-state index contributed by atoms with van der Waals surface area (Å²) in [5, 5.41) is 0. The first-order valence-corrected chi connectivity index (χ1v) is 18.7. The number of amides is 1. The van der Waals surface area contributed by atoms with E-state index in [0.717, 1.165) is 55.6 Å². The zero-order valence-electron chi connectivity index (χ0n) is 27.9. The average Bonchev–Trinajstić information content (AvgIpc) is 3.56. The van der Waals surface area contributed by atoms with Gasteiger partial charge >= 0.3 is 15.5 Å². The van der Waals surface area contributed by atoms with Crippen molar-refractivity contribution in [2.75, 3.05) is 19.6 Å². The van der Waals surface area contributed by atoms with Crippen molar-refractivity contribution in [2.24, 2.45) is 0 Å². The number of hydrogen-bond acceptors (Lipinski definition) is 5. The van der Waals surface area contributed by atoms with E-state index in [1.54, 1.807) is 17.0 Å². The summed E-state index contributed by atoms with van der Waals surface area (Å²) in [7, 11) is -5.47. The fraction of sp³-hybridized carbons (Fsp3) is 0.459. The average molecular weight is 712 g/mol. The van der Waals surface area contributed by atoms with Gasteiger partial charge in [0, 0.05) is 43.3 Å². The van der Waals surface area contributed by atoms with Crippen LogP contribution in [0.1, 0.15) is 78.3 Å². The number of halogens is 4. The van der Waals surface area contributed by atoms with Gasteiger partial charge in [0.2, 0.25) is 0 Å². The Morgan fingerprint density at radius 1 is 0.940 bits per heavy atom. The Kier molecular flexibility index (Phi) is 9.27. The lowest BCUT2D eigenvalue weighted by atomic mass is 9.70. The highest BCUT2D eigenvalue weighted by Gasteiger charge is 2.46. The summed E-state index contributed by atoms with van der Waals surface area (Å²) in [5.41, 5.74) is -1.85. The number of piperidine rings is 2. The molecule has 13 heteroatoms. The molecule has 1 amide bonds. The summed E-state index contributed by atoms with van der Waals surface area (Å²) in [6.45, 7) is 3.40. The van der Waals surface area contributed by atoms with Gasteiger partial charge in [-0.2, -0.15) is 13.2 Å². The van der Waals surface area contributed by atoms with Gasteiger partial charge in [0.15, 0.2) is 0 Å². The molecule has 0 spiro atoms. The number of nitrogens with one attached hydrogen (secondary N) is 1. The molecule has 0 radical (unpaired) electrons. The highest BCUT2D eigenvalue weighted by Crippen LogP contribution is 2.45. The Balaban J connectivity index is 1.01. The molecule has 3 fully saturated rings.